The first-order valence-electron chi connectivity index (χ1n) is 5.29. The van der Waals surface area contributed by atoms with Gasteiger partial charge in [-0.25, -0.2) is 4.79 Å². The number of hydrogen-bond acceptors (Lipinski definition) is 2. The zero-order valence-electron chi connectivity index (χ0n) is 9.94. The lowest BCUT2D eigenvalue weighted by atomic mass is 10.1. The molecule has 0 fully saturated rings. The molecule has 1 N–H and O–H groups in total. The molecule has 1 aromatic heterocycles. The maximum atomic E-state index is 11.6. The van der Waals surface area contributed by atoms with Gasteiger partial charge < -0.3 is 5.11 Å². The molecule has 0 bridgehead atoms. The number of benzene rings is 1. The number of nitrogens with zero attached hydrogens (tertiary/aromatic N) is 1. The Morgan fingerprint density at radius 2 is 1.88 bits per heavy atom. The van der Waals surface area contributed by atoms with Crippen molar-refractivity contribution in [3.63, 3.8) is 0 Å². The van der Waals surface area contributed by atoms with Crippen LogP contribution in [0.5, 0.6) is 0 Å². The summed E-state index contributed by atoms with van der Waals surface area (Å²) >= 11 is 0. The van der Waals surface area contributed by atoms with Crippen LogP contribution in [0.1, 0.15) is 33.3 Å². The third kappa shape index (κ3) is 1.62. The van der Waals surface area contributed by atoms with Crippen LogP contribution >= 0.6 is 0 Å². The summed E-state index contributed by atoms with van der Waals surface area (Å²) in [6, 6.07) is 4.81. The summed E-state index contributed by atoms with van der Waals surface area (Å²) in [5, 5.41) is 9.76. The Morgan fingerprint density at radius 1 is 1.24 bits per heavy atom. The predicted molar refractivity (Wildman–Crippen MR) is 64.7 cm³/mol. The van der Waals surface area contributed by atoms with Gasteiger partial charge in [0.15, 0.2) is 0 Å². The van der Waals surface area contributed by atoms with Crippen molar-refractivity contribution in [3.8, 4) is 0 Å². The molecule has 1 heterocycles. The Bertz CT molecular complexity index is 638. The zero-order valence-corrected chi connectivity index (χ0v) is 9.94. The molecule has 0 amide bonds. The number of rotatable bonds is 1. The fourth-order valence-corrected chi connectivity index (χ4v) is 2.11. The second-order valence-corrected chi connectivity index (χ2v) is 4.10. The summed E-state index contributed by atoms with van der Waals surface area (Å²) in [4.78, 5) is 22.5. The van der Waals surface area contributed by atoms with Crippen LogP contribution in [0.25, 0.3) is 10.9 Å². The Balaban J connectivity index is 2.85. The molecule has 1 aromatic carbocycles. The van der Waals surface area contributed by atoms with Crippen molar-refractivity contribution in [3.05, 3.63) is 35.0 Å². The lowest BCUT2D eigenvalue weighted by Crippen LogP contribution is -2.07. The van der Waals surface area contributed by atoms with E-state index in [9.17, 15) is 9.59 Å². The number of fused-ring (bicyclic) bond motifs is 1. The molecule has 0 aliphatic carbocycles. The van der Waals surface area contributed by atoms with Crippen molar-refractivity contribution < 1.29 is 14.7 Å². The summed E-state index contributed by atoms with van der Waals surface area (Å²) in [6.07, 6.45) is 0. The van der Waals surface area contributed by atoms with E-state index in [0.717, 1.165) is 22.2 Å². The quantitative estimate of drug-likeness (QED) is 0.820. The number of carbonyl (C=O) groups is 2. The Kier molecular flexibility index (Phi) is 2.50. The van der Waals surface area contributed by atoms with Crippen molar-refractivity contribution in [2.45, 2.75) is 20.8 Å². The third-order valence-corrected chi connectivity index (χ3v) is 3.08. The van der Waals surface area contributed by atoms with E-state index < -0.39 is 5.97 Å². The molecule has 0 saturated carbocycles. The number of aromatic nitrogens is 1. The molecule has 4 nitrogen and oxygen atoms in total. The summed E-state index contributed by atoms with van der Waals surface area (Å²) in [5.41, 5.74) is 2.80. The normalized spacial score (nSPS) is 10.8. The van der Waals surface area contributed by atoms with Gasteiger partial charge in [0.2, 0.25) is 5.91 Å². The molecule has 0 radical (unpaired) electrons. The highest BCUT2D eigenvalue weighted by Gasteiger charge is 2.15. The summed E-state index contributed by atoms with van der Waals surface area (Å²) in [7, 11) is 0. The fraction of sp³-hybridized carbons (Fsp3) is 0.231. The molecule has 0 saturated heterocycles. The fourth-order valence-electron chi connectivity index (χ4n) is 2.11. The van der Waals surface area contributed by atoms with E-state index in [1.807, 2.05) is 13.8 Å². The van der Waals surface area contributed by atoms with Crippen molar-refractivity contribution >= 4 is 22.8 Å². The first-order valence-corrected chi connectivity index (χ1v) is 5.29. The molecular weight excluding hydrogens is 218 g/mol. The smallest absolute Gasteiger partial charge is 0.335 e. The average Bonchev–Trinajstić information content (AvgIpc) is 2.51. The maximum Gasteiger partial charge on any atom is 0.335 e. The van der Waals surface area contributed by atoms with E-state index >= 15 is 0 Å². The highest BCUT2D eigenvalue weighted by Crippen LogP contribution is 2.26. The molecule has 0 aliphatic rings. The molecule has 0 spiro atoms. The van der Waals surface area contributed by atoms with Gasteiger partial charge >= 0.3 is 5.97 Å². The van der Waals surface area contributed by atoms with Crippen LogP contribution in [0.2, 0.25) is 0 Å². The average molecular weight is 231 g/mol. The molecule has 17 heavy (non-hydrogen) atoms. The van der Waals surface area contributed by atoms with E-state index in [1.165, 1.54) is 13.0 Å². The van der Waals surface area contributed by atoms with Crippen molar-refractivity contribution in [2.24, 2.45) is 0 Å². The molecule has 4 heteroatoms. The minimum absolute atomic E-state index is 0.0660. The second-order valence-electron chi connectivity index (χ2n) is 4.10. The van der Waals surface area contributed by atoms with Crippen LogP contribution in [-0.2, 0) is 0 Å². The largest absolute Gasteiger partial charge is 0.478 e. The number of carboxylic acids is 1. The monoisotopic (exact) mass is 231 g/mol. The minimum Gasteiger partial charge on any atom is -0.478 e. The molecule has 0 aliphatic heterocycles. The van der Waals surface area contributed by atoms with Gasteiger partial charge in [-0.1, -0.05) is 0 Å². The number of aromatic carboxylic acids is 1. The maximum absolute atomic E-state index is 11.6. The van der Waals surface area contributed by atoms with Crippen LogP contribution in [0.3, 0.4) is 0 Å². The van der Waals surface area contributed by atoms with E-state index in [4.69, 9.17) is 5.11 Å². The highest BCUT2D eigenvalue weighted by molar-refractivity contribution is 5.99. The molecule has 2 rings (SSSR count). The molecule has 0 atom stereocenters. The van der Waals surface area contributed by atoms with E-state index in [0.29, 0.717) is 0 Å². The Labute approximate surface area is 98.5 Å². The summed E-state index contributed by atoms with van der Waals surface area (Å²) in [6.45, 7) is 5.25. The third-order valence-electron chi connectivity index (χ3n) is 3.08. The number of carboxylic acid groups (broad SMARTS) is 1. The first-order chi connectivity index (χ1) is 7.93. The standard InChI is InChI=1S/C13H13NO3/c1-7-8(2)14(9(3)15)12-5-4-10(13(16)17)6-11(7)12/h4-6H,1-3H3,(H,16,17). The minimum atomic E-state index is -0.959. The van der Waals surface area contributed by atoms with Crippen LogP contribution in [0.4, 0.5) is 0 Å². The highest BCUT2D eigenvalue weighted by atomic mass is 16.4. The van der Waals surface area contributed by atoms with Gasteiger partial charge in [-0.15, -0.1) is 0 Å². The van der Waals surface area contributed by atoms with Gasteiger partial charge in [-0.05, 0) is 37.6 Å². The molecule has 88 valence electrons. The van der Waals surface area contributed by atoms with Gasteiger partial charge in [0.05, 0.1) is 11.1 Å². The van der Waals surface area contributed by atoms with Crippen LogP contribution in [0, 0.1) is 13.8 Å². The zero-order chi connectivity index (χ0) is 12.7. The van der Waals surface area contributed by atoms with Crippen LogP contribution in [0.15, 0.2) is 18.2 Å². The lowest BCUT2D eigenvalue weighted by Gasteiger charge is -2.02. The van der Waals surface area contributed by atoms with Crippen molar-refractivity contribution in [1.29, 1.82) is 0 Å². The van der Waals surface area contributed by atoms with E-state index in [2.05, 4.69) is 0 Å². The van der Waals surface area contributed by atoms with Crippen molar-refractivity contribution in [2.75, 3.05) is 0 Å². The number of carbonyl (C=O) groups excluding carboxylic acids is 1. The van der Waals surface area contributed by atoms with Gasteiger partial charge in [0, 0.05) is 18.0 Å². The van der Waals surface area contributed by atoms with Gasteiger partial charge in [0.1, 0.15) is 0 Å². The molecule has 2 aromatic rings. The van der Waals surface area contributed by atoms with E-state index in [-0.39, 0.29) is 11.5 Å². The topological polar surface area (TPSA) is 59.3 Å². The second kappa shape index (κ2) is 3.73. The summed E-state index contributed by atoms with van der Waals surface area (Å²) in [5.74, 6) is -1.02. The van der Waals surface area contributed by atoms with Gasteiger partial charge in [-0.2, -0.15) is 0 Å². The number of hydrogen-bond donors (Lipinski definition) is 1. The van der Waals surface area contributed by atoms with Gasteiger partial charge in [0.25, 0.3) is 0 Å². The van der Waals surface area contributed by atoms with E-state index in [1.54, 1.807) is 16.7 Å². The van der Waals surface area contributed by atoms with Crippen LogP contribution < -0.4 is 0 Å². The Morgan fingerprint density at radius 3 is 2.41 bits per heavy atom. The molecule has 0 unspecified atom stereocenters. The number of aryl methyl sites for hydroxylation is 1. The Hall–Kier alpha value is -2.10. The predicted octanol–water partition coefficient (Wildman–Crippen LogP) is 2.62. The molecular formula is C13H13NO3. The van der Waals surface area contributed by atoms with Crippen molar-refractivity contribution in [1.82, 2.24) is 4.57 Å². The van der Waals surface area contributed by atoms with Gasteiger partial charge in [-0.3, -0.25) is 9.36 Å². The SMILES string of the molecule is CC(=O)n1c(C)c(C)c2cc(C(=O)O)ccc21. The van der Waals surface area contributed by atoms with Crippen LogP contribution in [-0.4, -0.2) is 21.6 Å². The lowest BCUT2D eigenvalue weighted by molar-refractivity contribution is 0.0697. The first kappa shape index (κ1) is 11.4. The summed E-state index contributed by atoms with van der Waals surface area (Å²) < 4.78 is 1.61.